The lowest BCUT2D eigenvalue weighted by atomic mass is 10.3. The molecule has 3 aromatic heterocycles. The minimum absolute atomic E-state index is 0.0203. The third kappa shape index (κ3) is 1.73. The Balaban J connectivity index is 2.31. The third-order valence-electron chi connectivity index (χ3n) is 2.66. The summed E-state index contributed by atoms with van der Waals surface area (Å²) in [6.45, 7) is 3.85. The van der Waals surface area contributed by atoms with E-state index >= 15 is 0 Å². The van der Waals surface area contributed by atoms with Crippen LogP contribution in [0.5, 0.6) is 0 Å². The van der Waals surface area contributed by atoms with E-state index in [0.717, 1.165) is 21.9 Å². The van der Waals surface area contributed by atoms with E-state index in [1.807, 2.05) is 26.0 Å². The van der Waals surface area contributed by atoms with Crippen LogP contribution in [0.25, 0.3) is 15.9 Å². The Kier molecular flexibility index (Phi) is 2.48. The fraction of sp³-hybridized carbons (Fsp3) is 0.154. The SMILES string of the molecule is Cc1cc(-n2sc3ncccc3c2=O)cc(C)n1. The lowest BCUT2D eigenvalue weighted by Gasteiger charge is -2.02. The zero-order valence-electron chi connectivity index (χ0n) is 10.0. The summed E-state index contributed by atoms with van der Waals surface area (Å²) < 4.78 is 1.67. The van der Waals surface area contributed by atoms with Gasteiger partial charge in [-0.3, -0.25) is 9.78 Å². The van der Waals surface area contributed by atoms with E-state index in [-0.39, 0.29) is 5.56 Å². The highest BCUT2D eigenvalue weighted by Gasteiger charge is 2.10. The lowest BCUT2D eigenvalue weighted by Crippen LogP contribution is -2.11. The topological polar surface area (TPSA) is 47.8 Å². The summed E-state index contributed by atoms with van der Waals surface area (Å²) in [5.41, 5.74) is 2.64. The number of aryl methyl sites for hydroxylation is 2. The molecule has 90 valence electrons. The monoisotopic (exact) mass is 257 g/mol. The van der Waals surface area contributed by atoms with Crippen LogP contribution in [-0.2, 0) is 0 Å². The summed E-state index contributed by atoms with van der Waals surface area (Å²) >= 11 is 1.36. The van der Waals surface area contributed by atoms with Gasteiger partial charge in [-0.2, -0.15) is 0 Å². The molecule has 0 N–H and O–H groups in total. The zero-order valence-corrected chi connectivity index (χ0v) is 10.9. The Bertz CT molecular complexity index is 768. The first-order valence-electron chi connectivity index (χ1n) is 5.58. The first-order valence-corrected chi connectivity index (χ1v) is 6.35. The number of pyridine rings is 2. The van der Waals surface area contributed by atoms with Crippen LogP contribution >= 0.6 is 11.5 Å². The number of hydrogen-bond acceptors (Lipinski definition) is 4. The normalized spacial score (nSPS) is 11.0. The molecule has 18 heavy (non-hydrogen) atoms. The number of fused-ring (bicyclic) bond motifs is 1. The molecule has 0 radical (unpaired) electrons. The molecule has 0 saturated carbocycles. The number of nitrogens with zero attached hydrogens (tertiary/aromatic N) is 3. The van der Waals surface area contributed by atoms with Gasteiger partial charge in [0, 0.05) is 17.6 Å². The van der Waals surface area contributed by atoms with Gasteiger partial charge < -0.3 is 0 Å². The maximum Gasteiger partial charge on any atom is 0.274 e. The van der Waals surface area contributed by atoms with Crippen molar-refractivity contribution in [2.75, 3.05) is 0 Å². The van der Waals surface area contributed by atoms with E-state index in [0.29, 0.717) is 5.39 Å². The van der Waals surface area contributed by atoms with Crippen LogP contribution in [-0.4, -0.2) is 13.9 Å². The van der Waals surface area contributed by atoms with Gasteiger partial charge in [-0.25, -0.2) is 8.94 Å². The van der Waals surface area contributed by atoms with Gasteiger partial charge in [0.25, 0.3) is 5.56 Å². The minimum Gasteiger partial charge on any atom is -0.267 e. The molecule has 0 spiro atoms. The van der Waals surface area contributed by atoms with Gasteiger partial charge in [-0.1, -0.05) is 0 Å². The molecule has 3 rings (SSSR count). The maximum absolute atomic E-state index is 12.3. The molecular weight excluding hydrogens is 246 g/mol. The van der Waals surface area contributed by atoms with Crippen LogP contribution in [0.15, 0.2) is 35.3 Å². The lowest BCUT2D eigenvalue weighted by molar-refractivity contribution is 1.06. The molecule has 0 bridgehead atoms. The van der Waals surface area contributed by atoms with Gasteiger partial charge in [-0.05, 0) is 49.6 Å². The van der Waals surface area contributed by atoms with Crippen molar-refractivity contribution in [3.8, 4) is 5.69 Å². The zero-order chi connectivity index (χ0) is 12.7. The standard InChI is InChI=1S/C13H11N3OS/c1-8-6-10(7-9(2)15-8)16-13(17)11-4-3-5-14-12(11)18-16/h3-7H,1-2H3. The van der Waals surface area contributed by atoms with Crippen LogP contribution in [0, 0.1) is 13.8 Å². The van der Waals surface area contributed by atoms with E-state index in [4.69, 9.17) is 0 Å². The molecule has 0 saturated heterocycles. The summed E-state index contributed by atoms with van der Waals surface area (Å²) in [6.07, 6.45) is 1.70. The van der Waals surface area contributed by atoms with Crippen LogP contribution < -0.4 is 5.56 Å². The predicted molar refractivity (Wildman–Crippen MR) is 72.5 cm³/mol. The quantitative estimate of drug-likeness (QED) is 0.672. The largest absolute Gasteiger partial charge is 0.274 e. The van der Waals surface area contributed by atoms with Crippen molar-refractivity contribution in [1.82, 2.24) is 13.9 Å². The van der Waals surface area contributed by atoms with Crippen molar-refractivity contribution in [2.45, 2.75) is 13.8 Å². The summed E-state index contributed by atoms with van der Waals surface area (Å²) in [5, 5.41) is 0.662. The molecule has 0 atom stereocenters. The number of rotatable bonds is 1. The van der Waals surface area contributed by atoms with Gasteiger partial charge in [0.2, 0.25) is 0 Å². The van der Waals surface area contributed by atoms with Crippen LogP contribution in [0.3, 0.4) is 0 Å². The van der Waals surface area contributed by atoms with Crippen molar-refractivity contribution in [1.29, 1.82) is 0 Å². The van der Waals surface area contributed by atoms with Crippen LogP contribution in [0.1, 0.15) is 11.4 Å². The van der Waals surface area contributed by atoms with Gasteiger partial charge in [0.15, 0.2) is 0 Å². The molecule has 0 fully saturated rings. The van der Waals surface area contributed by atoms with E-state index in [1.54, 1.807) is 22.3 Å². The molecule has 0 aliphatic heterocycles. The van der Waals surface area contributed by atoms with Gasteiger partial charge in [0.05, 0.1) is 11.1 Å². The molecule has 0 amide bonds. The summed E-state index contributed by atoms with van der Waals surface area (Å²) in [4.78, 5) is 21.6. The van der Waals surface area contributed by atoms with Crippen molar-refractivity contribution in [2.24, 2.45) is 0 Å². The molecule has 0 aliphatic carbocycles. The molecular formula is C13H11N3OS. The van der Waals surface area contributed by atoms with Crippen molar-refractivity contribution < 1.29 is 0 Å². The summed E-state index contributed by atoms with van der Waals surface area (Å²) in [6, 6.07) is 7.40. The average Bonchev–Trinajstić information content (AvgIpc) is 2.66. The Labute approximate surface area is 108 Å². The Morgan fingerprint density at radius 3 is 2.61 bits per heavy atom. The Morgan fingerprint density at radius 2 is 1.94 bits per heavy atom. The smallest absolute Gasteiger partial charge is 0.267 e. The van der Waals surface area contributed by atoms with E-state index in [1.165, 1.54) is 11.5 Å². The number of hydrogen-bond donors (Lipinski definition) is 0. The summed E-state index contributed by atoms with van der Waals surface area (Å²) in [7, 11) is 0. The van der Waals surface area contributed by atoms with E-state index in [2.05, 4.69) is 9.97 Å². The molecule has 0 aromatic carbocycles. The second-order valence-corrected chi connectivity index (χ2v) is 5.09. The van der Waals surface area contributed by atoms with E-state index < -0.39 is 0 Å². The molecule has 0 aliphatic rings. The molecule has 0 unspecified atom stereocenters. The highest BCUT2D eigenvalue weighted by molar-refractivity contribution is 7.13. The van der Waals surface area contributed by atoms with E-state index in [9.17, 15) is 4.79 Å². The van der Waals surface area contributed by atoms with Crippen molar-refractivity contribution in [3.63, 3.8) is 0 Å². The number of aromatic nitrogens is 3. The highest BCUT2D eigenvalue weighted by Crippen LogP contribution is 2.18. The van der Waals surface area contributed by atoms with Crippen molar-refractivity contribution >= 4 is 21.7 Å². The van der Waals surface area contributed by atoms with Crippen molar-refractivity contribution in [3.05, 3.63) is 52.2 Å². The first-order chi connectivity index (χ1) is 8.65. The Hall–Kier alpha value is -2.01. The molecule has 3 aromatic rings. The predicted octanol–water partition coefficient (Wildman–Crippen LogP) is 2.46. The molecule has 4 nitrogen and oxygen atoms in total. The fourth-order valence-corrected chi connectivity index (χ4v) is 2.89. The van der Waals surface area contributed by atoms with Gasteiger partial charge in [0.1, 0.15) is 4.83 Å². The third-order valence-corrected chi connectivity index (χ3v) is 3.72. The molecule has 5 heteroatoms. The average molecular weight is 257 g/mol. The highest BCUT2D eigenvalue weighted by atomic mass is 32.1. The van der Waals surface area contributed by atoms with Gasteiger partial charge >= 0.3 is 0 Å². The summed E-state index contributed by atoms with van der Waals surface area (Å²) in [5.74, 6) is 0. The second kappa shape index (κ2) is 4.03. The second-order valence-electron chi connectivity index (χ2n) is 4.16. The van der Waals surface area contributed by atoms with Crippen LogP contribution in [0.4, 0.5) is 0 Å². The fourth-order valence-electron chi connectivity index (χ4n) is 1.96. The minimum atomic E-state index is -0.0203. The maximum atomic E-state index is 12.3. The van der Waals surface area contributed by atoms with Gasteiger partial charge in [-0.15, -0.1) is 0 Å². The first kappa shape index (κ1) is 11.1. The molecule has 3 heterocycles. The van der Waals surface area contributed by atoms with Crippen LogP contribution in [0.2, 0.25) is 0 Å². The Morgan fingerprint density at radius 1 is 1.22 bits per heavy atom.